The second-order valence-corrected chi connectivity index (χ2v) is 7.34. The molecule has 26 heavy (non-hydrogen) atoms. The fraction of sp³-hybridized carbons (Fsp3) is 0. The van der Waals surface area contributed by atoms with Crippen LogP contribution in [0.15, 0.2) is 71.8 Å². The minimum atomic E-state index is -3.83. The Balaban J connectivity index is 1.89. The molecule has 0 aliphatic carbocycles. The first-order valence-electron chi connectivity index (χ1n) is 7.49. The highest BCUT2D eigenvalue weighted by Crippen LogP contribution is 2.26. The molecule has 0 fully saturated rings. The summed E-state index contributed by atoms with van der Waals surface area (Å²) in [6.07, 6.45) is 1.54. The summed E-state index contributed by atoms with van der Waals surface area (Å²) in [5.41, 5.74) is 1.14. The second kappa shape index (κ2) is 7.44. The SMILES string of the molecule is N#Cc1cccnc1Nc1cccc(S(=O)(=O)Nc2ccccc2Cl)c1. The number of para-hydroxylation sites is 1. The van der Waals surface area contributed by atoms with Crippen LogP contribution in [0.25, 0.3) is 0 Å². The Hall–Kier alpha value is -3.08. The van der Waals surface area contributed by atoms with Gasteiger partial charge in [-0.25, -0.2) is 13.4 Å². The van der Waals surface area contributed by atoms with Crippen LogP contribution in [0.4, 0.5) is 17.2 Å². The van der Waals surface area contributed by atoms with Gasteiger partial charge in [-0.2, -0.15) is 5.26 Å². The molecule has 130 valence electrons. The largest absolute Gasteiger partial charge is 0.339 e. The third kappa shape index (κ3) is 3.94. The first-order chi connectivity index (χ1) is 12.5. The van der Waals surface area contributed by atoms with Crippen molar-refractivity contribution in [1.29, 1.82) is 5.26 Å². The zero-order chi connectivity index (χ0) is 18.6. The van der Waals surface area contributed by atoms with Crippen LogP contribution < -0.4 is 10.0 Å². The average molecular weight is 385 g/mol. The van der Waals surface area contributed by atoms with Crippen molar-refractivity contribution >= 4 is 38.8 Å². The summed E-state index contributed by atoms with van der Waals surface area (Å²) in [4.78, 5) is 4.15. The van der Waals surface area contributed by atoms with E-state index in [2.05, 4.69) is 15.0 Å². The summed E-state index contributed by atoms with van der Waals surface area (Å²) >= 11 is 6.01. The van der Waals surface area contributed by atoms with Gasteiger partial charge < -0.3 is 5.32 Å². The predicted octanol–water partition coefficient (Wildman–Crippen LogP) is 4.15. The molecule has 0 spiro atoms. The Labute approximate surface area is 156 Å². The molecule has 0 amide bonds. The minimum absolute atomic E-state index is 0.0526. The molecule has 3 aromatic rings. The van der Waals surface area contributed by atoms with E-state index in [1.165, 1.54) is 12.1 Å². The fourth-order valence-corrected chi connectivity index (χ4v) is 3.58. The van der Waals surface area contributed by atoms with Crippen molar-refractivity contribution in [3.05, 3.63) is 77.4 Å². The number of hydrogen-bond donors (Lipinski definition) is 2. The lowest BCUT2D eigenvalue weighted by Gasteiger charge is -2.11. The van der Waals surface area contributed by atoms with E-state index in [1.54, 1.807) is 54.7 Å². The molecular formula is C18H13ClN4O2S. The van der Waals surface area contributed by atoms with Crippen LogP contribution in [0, 0.1) is 11.3 Å². The van der Waals surface area contributed by atoms with Gasteiger partial charge >= 0.3 is 0 Å². The van der Waals surface area contributed by atoms with Crippen LogP contribution in [0.2, 0.25) is 5.02 Å². The molecule has 0 unspecified atom stereocenters. The van der Waals surface area contributed by atoms with E-state index in [9.17, 15) is 8.42 Å². The number of aromatic nitrogens is 1. The van der Waals surface area contributed by atoms with E-state index in [0.29, 0.717) is 27.8 Å². The lowest BCUT2D eigenvalue weighted by atomic mass is 10.2. The Morgan fingerprint density at radius 1 is 1.04 bits per heavy atom. The highest BCUT2D eigenvalue weighted by Gasteiger charge is 2.16. The summed E-state index contributed by atoms with van der Waals surface area (Å²) in [6, 6.07) is 18.1. The van der Waals surface area contributed by atoms with Gasteiger partial charge in [0.2, 0.25) is 0 Å². The molecule has 2 aromatic carbocycles. The van der Waals surface area contributed by atoms with Gasteiger partial charge in [0.05, 0.1) is 21.2 Å². The molecular weight excluding hydrogens is 372 g/mol. The van der Waals surface area contributed by atoms with Crippen LogP contribution in [0.5, 0.6) is 0 Å². The molecule has 0 radical (unpaired) electrons. The number of hydrogen-bond acceptors (Lipinski definition) is 5. The fourth-order valence-electron chi connectivity index (χ4n) is 2.22. The molecule has 0 atom stereocenters. The Morgan fingerprint density at radius 2 is 1.85 bits per heavy atom. The molecule has 3 rings (SSSR count). The topological polar surface area (TPSA) is 94.9 Å². The molecule has 2 N–H and O–H groups in total. The van der Waals surface area contributed by atoms with E-state index in [0.717, 1.165) is 0 Å². The van der Waals surface area contributed by atoms with Gasteiger partial charge in [0.15, 0.2) is 0 Å². The van der Waals surface area contributed by atoms with E-state index >= 15 is 0 Å². The molecule has 0 aliphatic rings. The molecule has 1 aromatic heterocycles. The van der Waals surface area contributed by atoms with Crippen LogP contribution in [-0.2, 0) is 10.0 Å². The zero-order valence-electron chi connectivity index (χ0n) is 13.3. The van der Waals surface area contributed by atoms with E-state index < -0.39 is 10.0 Å². The molecule has 1 heterocycles. The molecule has 0 saturated carbocycles. The summed E-state index contributed by atoms with van der Waals surface area (Å²) in [5.74, 6) is 0.351. The van der Waals surface area contributed by atoms with Crippen molar-refractivity contribution in [3.8, 4) is 6.07 Å². The Bertz CT molecular complexity index is 1090. The summed E-state index contributed by atoms with van der Waals surface area (Å²) < 4.78 is 27.7. The number of nitrogens with zero attached hydrogens (tertiary/aromatic N) is 2. The van der Waals surface area contributed by atoms with Crippen molar-refractivity contribution < 1.29 is 8.42 Å². The standard InChI is InChI=1S/C18H13ClN4O2S/c19-16-8-1-2-9-17(16)23-26(24,25)15-7-3-6-14(11-15)22-18-13(12-20)5-4-10-21-18/h1-11,23H,(H,21,22). The summed E-state index contributed by atoms with van der Waals surface area (Å²) in [5, 5.41) is 12.4. The minimum Gasteiger partial charge on any atom is -0.339 e. The maximum atomic E-state index is 12.6. The van der Waals surface area contributed by atoms with Gasteiger partial charge in [-0.05, 0) is 42.5 Å². The van der Waals surface area contributed by atoms with Crippen molar-refractivity contribution in [2.75, 3.05) is 10.0 Å². The highest BCUT2D eigenvalue weighted by atomic mass is 35.5. The molecule has 8 heteroatoms. The number of sulfonamides is 1. The molecule has 6 nitrogen and oxygen atoms in total. The van der Waals surface area contributed by atoms with Gasteiger partial charge in [-0.3, -0.25) is 4.72 Å². The van der Waals surface area contributed by atoms with Gasteiger partial charge in [0.25, 0.3) is 10.0 Å². The van der Waals surface area contributed by atoms with Crippen LogP contribution in [0.3, 0.4) is 0 Å². The highest BCUT2D eigenvalue weighted by molar-refractivity contribution is 7.92. The number of nitriles is 1. The van der Waals surface area contributed by atoms with Crippen LogP contribution in [-0.4, -0.2) is 13.4 Å². The van der Waals surface area contributed by atoms with E-state index in [4.69, 9.17) is 16.9 Å². The predicted molar refractivity (Wildman–Crippen MR) is 101 cm³/mol. The Morgan fingerprint density at radius 3 is 2.62 bits per heavy atom. The molecule has 0 aliphatic heterocycles. The third-order valence-electron chi connectivity index (χ3n) is 3.45. The normalized spacial score (nSPS) is 10.8. The number of halogens is 1. The molecule has 0 bridgehead atoms. The van der Waals surface area contributed by atoms with Crippen molar-refractivity contribution in [2.45, 2.75) is 4.90 Å². The van der Waals surface area contributed by atoms with E-state index in [1.807, 2.05) is 6.07 Å². The number of nitrogens with one attached hydrogen (secondary N) is 2. The maximum Gasteiger partial charge on any atom is 0.262 e. The summed E-state index contributed by atoms with van der Waals surface area (Å²) in [7, 11) is -3.83. The number of benzene rings is 2. The lowest BCUT2D eigenvalue weighted by molar-refractivity contribution is 0.601. The van der Waals surface area contributed by atoms with Crippen molar-refractivity contribution in [3.63, 3.8) is 0 Å². The summed E-state index contributed by atoms with van der Waals surface area (Å²) in [6.45, 7) is 0. The van der Waals surface area contributed by atoms with Crippen LogP contribution in [0.1, 0.15) is 5.56 Å². The number of rotatable bonds is 5. The van der Waals surface area contributed by atoms with E-state index in [-0.39, 0.29) is 4.90 Å². The van der Waals surface area contributed by atoms with Gasteiger partial charge in [-0.15, -0.1) is 0 Å². The molecule has 0 saturated heterocycles. The third-order valence-corrected chi connectivity index (χ3v) is 5.15. The lowest BCUT2D eigenvalue weighted by Crippen LogP contribution is -2.13. The van der Waals surface area contributed by atoms with Gasteiger partial charge in [0, 0.05) is 11.9 Å². The van der Waals surface area contributed by atoms with Crippen molar-refractivity contribution in [1.82, 2.24) is 4.98 Å². The number of pyridine rings is 1. The number of anilines is 3. The van der Waals surface area contributed by atoms with Gasteiger partial charge in [0.1, 0.15) is 11.9 Å². The second-order valence-electron chi connectivity index (χ2n) is 5.25. The maximum absolute atomic E-state index is 12.6. The monoisotopic (exact) mass is 384 g/mol. The average Bonchev–Trinajstić information content (AvgIpc) is 2.64. The van der Waals surface area contributed by atoms with Crippen LogP contribution >= 0.6 is 11.6 Å². The zero-order valence-corrected chi connectivity index (χ0v) is 14.9. The van der Waals surface area contributed by atoms with Crippen molar-refractivity contribution in [2.24, 2.45) is 0 Å². The first kappa shape index (κ1) is 17.7. The van der Waals surface area contributed by atoms with Gasteiger partial charge in [-0.1, -0.05) is 29.8 Å². The first-order valence-corrected chi connectivity index (χ1v) is 9.35. The Kier molecular flexibility index (Phi) is 5.07. The quantitative estimate of drug-likeness (QED) is 0.689. The smallest absolute Gasteiger partial charge is 0.262 e.